The summed E-state index contributed by atoms with van der Waals surface area (Å²) in [7, 11) is 7.36. The molecule has 1 aromatic heterocycles. The number of methoxy groups -OCH3 is 2. The van der Waals surface area contributed by atoms with Crippen molar-refractivity contribution in [2.24, 2.45) is 0 Å². The Hall–Kier alpha value is -3.47. The first-order valence-electron chi connectivity index (χ1n) is 9.45. The molecule has 0 saturated heterocycles. The lowest BCUT2D eigenvalue weighted by Gasteiger charge is -2.13. The van der Waals surface area contributed by atoms with Crippen molar-refractivity contribution in [3.63, 3.8) is 0 Å². The lowest BCUT2D eigenvalue weighted by atomic mass is 10.1. The van der Waals surface area contributed by atoms with E-state index in [4.69, 9.17) is 9.47 Å². The van der Waals surface area contributed by atoms with Gasteiger partial charge in [-0.3, -0.25) is 4.98 Å². The second-order valence-corrected chi connectivity index (χ2v) is 6.85. The minimum atomic E-state index is 0.681. The van der Waals surface area contributed by atoms with Crippen LogP contribution in [0.5, 0.6) is 11.5 Å². The molecule has 0 atom stereocenters. The van der Waals surface area contributed by atoms with Gasteiger partial charge in [-0.1, -0.05) is 24.3 Å². The van der Waals surface area contributed by atoms with E-state index < -0.39 is 0 Å². The van der Waals surface area contributed by atoms with Crippen LogP contribution in [-0.4, -0.2) is 33.3 Å². The number of ether oxygens (including phenoxy) is 2. The standard InChI is InChI=1S/C24H27N3O2/c1-27(2)22-11-12-25-21(15-22)17-26-20-9-7-18(8-10-20)5-6-19-13-23(28-3)16-24(14-19)29-4/h5-16,26H,17H2,1-4H3/b6-5+. The van der Waals surface area contributed by atoms with Crippen LogP contribution >= 0.6 is 0 Å². The second kappa shape index (κ2) is 9.64. The predicted molar refractivity (Wildman–Crippen MR) is 121 cm³/mol. The average Bonchev–Trinajstić information content (AvgIpc) is 2.76. The van der Waals surface area contributed by atoms with Crippen molar-refractivity contribution in [1.82, 2.24) is 4.98 Å². The van der Waals surface area contributed by atoms with Gasteiger partial charge in [-0.15, -0.1) is 0 Å². The molecule has 0 aliphatic carbocycles. The molecule has 1 heterocycles. The fraction of sp³-hybridized carbons (Fsp3) is 0.208. The van der Waals surface area contributed by atoms with Crippen LogP contribution in [0.3, 0.4) is 0 Å². The molecule has 3 aromatic rings. The molecule has 2 aromatic carbocycles. The molecule has 5 nitrogen and oxygen atoms in total. The third-order valence-electron chi connectivity index (χ3n) is 4.54. The SMILES string of the molecule is COc1cc(/C=C/c2ccc(NCc3cc(N(C)C)ccn3)cc2)cc(OC)c1. The minimum Gasteiger partial charge on any atom is -0.497 e. The maximum atomic E-state index is 5.32. The topological polar surface area (TPSA) is 46.6 Å². The molecule has 5 heteroatoms. The first-order chi connectivity index (χ1) is 14.1. The predicted octanol–water partition coefficient (Wildman–Crippen LogP) is 4.95. The van der Waals surface area contributed by atoms with Gasteiger partial charge in [0.1, 0.15) is 11.5 Å². The zero-order chi connectivity index (χ0) is 20.6. The van der Waals surface area contributed by atoms with E-state index in [1.807, 2.05) is 50.6 Å². The maximum Gasteiger partial charge on any atom is 0.123 e. The molecule has 0 aliphatic heterocycles. The van der Waals surface area contributed by atoms with E-state index in [2.05, 4.69) is 51.6 Å². The molecule has 150 valence electrons. The molecule has 0 saturated carbocycles. The van der Waals surface area contributed by atoms with E-state index in [-0.39, 0.29) is 0 Å². The van der Waals surface area contributed by atoms with E-state index in [0.29, 0.717) is 6.54 Å². The summed E-state index contributed by atoms with van der Waals surface area (Å²) in [5.74, 6) is 1.55. The third kappa shape index (κ3) is 5.75. The van der Waals surface area contributed by atoms with E-state index in [1.54, 1.807) is 14.2 Å². The first kappa shape index (κ1) is 20.3. The first-order valence-corrected chi connectivity index (χ1v) is 9.45. The summed E-state index contributed by atoms with van der Waals surface area (Å²) in [4.78, 5) is 6.50. The Morgan fingerprint density at radius 1 is 0.862 bits per heavy atom. The summed E-state index contributed by atoms with van der Waals surface area (Å²) in [5.41, 5.74) is 5.35. The number of hydrogen-bond donors (Lipinski definition) is 1. The summed E-state index contributed by atoms with van der Waals surface area (Å²) in [5, 5.41) is 3.42. The van der Waals surface area contributed by atoms with Gasteiger partial charge < -0.3 is 19.7 Å². The van der Waals surface area contributed by atoms with Gasteiger partial charge in [0.2, 0.25) is 0 Å². The number of hydrogen-bond acceptors (Lipinski definition) is 5. The Labute approximate surface area is 172 Å². The molecule has 0 spiro atoms. The monoisotopic (exact) mass is 389 g/mol. The highest BCUT2D eigenvalue weighted by atomic mass is 16.5. The number of nitrogens with zero attached hydrogens (tertiary/aromatic N) is 2. The fourth-order valence-corrected chi connectivity index (χ4v) is 2.86. The van der Waals surface area contributed by atoms with Crippen LogP contribution in [0.1, 0.15) is 16.8 Å². The Morgan fingerprint density at radius 3 is 2.14 bits per heavy atom. The van der Waals surface area contributed by atoms with Gasteiger partial charge in [0, 0.05) is 37.7 Å². The molecule has 0 bridgehead atoms. The molecule has 0 amide bonds. The lowest BCUT2D eigenvalue weighted by molar-refractivity contribution is 0.394. The van der Waals surface area contributed by atoms with Crippen molar-refractivity contribution in [3.05, 3.63) is 77.6 Å². The number of nitrogens with one attached hydrogen (secondary N) is 1. The van der Waals surface area contributed by atoms with E-state index >= 15 is 0 Å². The summed E-state index contributed by atoms with van der Waals surface area (Å²) in [6, 6.07) is 18.2. The Balaban J connectivity index is 1.63. The highest BCUT2D eigenvalue weighted by molar-refractivity contribution is 5.71. The van der Waals surface area contributed by atoms with Crippen LogP contribution in [0.2, 0.25) is 0 Å². The van der Waals surface area contributed by atoms with Crippen molar-refractivity contribution >= 4 is 23.5 Å². The van der Waals surface area contributed by atoms with Crippen LogP contribution in [0.25, 0.3) is 12.2 Å². The minimum absolute atomic E-state index is 0.681. The zero-order valence-electron chi connectivity index (χ0n) is 17.3. The van der Waals surface area contributed by atoms with E-state index in [9.17, 15) is 0 Å². The smallest absolute Gasteiger partial charge is 0.123 e. The normalized spacial score (nSPS) is 10.8. The number of pyridine rings is 1. The van der Waals surface area contributed by atoms with Gasteiger partial charge in [-0.2, -0.15) is 0 Å². The highest BCUT2D eigenvalue weighted by Crippen LogP contribution is 2.24. The Kier molecular flexibility index (Phi) is 6.74. The average molecular weight is 389 g/mol. The van der Waals surface area contributed by atoms with Crippen molar-refractivity contribution < 1.29 is 9.47 Å². The van der Waals surface area contributed by atoms with Gasteiger partial charge in [0.25, 0.3) is 0 Å². The molecule has 0 radical (unpaired) electrons. The molecule has 0 fully saturated rings. The molecular formula is C24H27N3O2. The quantitative estimate of drug-likeness (QED) is 0.553. The summed E-state index contributed by atoms with van der Waals surface area (Å²) >= 11 is 0. The van der Waals surface area contributed by atoms with E-state index in [0.717, 1.165) is 39.7 Å². The van der Waals surface area contributed by atoms with E-state index in [1.165, 1.54) is 0 Å². The number of anilines is 2. The Morgan fingerprint density at radius 2 is 1.52 bits per heavy atom. The second-order valence-electron chi connectivity index (χ2n) is 6.85. The van der Waals surface area contributed by atoms with Gasteiger partial charge in [-0.05, 0) is 47.5 Å². The molecule has 0 aliphatic rings. The molecule has 0 unspecified atom stereocenters. The summed E-state index contributed by atoms with van der Waals surface area (Å²) in [6.07, 6.45) is 5.96. The lowest BCUT2D eigenvalue weighted by Crippen LogP contribution is -2.10. The Bertz CT molecular complexity index is 944. The van der Waals surface area contributed by atoms with Crippen LogP contribution in [0.15, 0.2) is 60.8 Å². The highest BCUT2D eigenvalue weighted by Gasteiger charge is 2.01. The largest absolute Gasteiger partial charge is 0.497 e. The molecular weight excluding hydrogens is 362 g/mol. The van der Waals surface area contributed by atoms with Crippen molar-refractivity contribution in [2.75, 3.05) is 38.5 Å². The van der Waals surface area contributed by atoms with Crippen molar-refractivity contribution in [1.29, 1.82) is 0 Å². The molecule has 1 N–H and O–H groups in total. The van der Waals surface area contributed by atoms with Gasteiger partial charge in [0.15, 0.2) is 0 Å². The number of rotatable bonds is 8. The fourth-order valence-electron chi connectivity index (χ4n) is 2.86. The maximum absolute atomic E-state index is 5.32. The van der Waals surface area contributed by atoms with Gasteiger partial charge in [0.05, 0.1) is 26.5 Å². The van der Waals surface area contributed by atoms with Crippen LogP contribution in [0.4, 0.5) is 11.4 Å². The van der Waals surface area contributed by atoms with Crippen LogP contribution in [-0.2, 0) is 6.54 Å². The summed E-state index contributed by atoms with van der Waals surface area (Å²) < 4.78 is 10.6. The molecule has 3 rings (SSSR count). The number of aromatic nitrogens is 1. The van der Waals surface area contributed by atoms with Gasteiger partial charge >= 0.3 is 0 Å². The van der Waals surface area contributed by atoms with Gasteiger partial charge in [-0.25, -0.2) is 0 Å². The van der Waals surface area contributed by atoms with Crippen molar-refractivity contribution in [2.45, 2.75) is 6.54 Å². The van der Waals surface area contributed by atoms with Crippen LogP contribution < -0.4 is 19.7 Å². The van der Waals surface area contributed by atoms with Crippen LogP contribution in [0, 0.1) is 0 Å². The number of benzene rings is 2. The van der Waals surface area contributed by atoms with Crippen molar-refractivity contribution in [3.8, 4) is 11.5 Å². The molecule has 29 heavy (non-hydrogen) atoms. The summed E-state index contributed by atoms with van der Waals surface area (Å²) in [6.45, 7) is 0.681. The third-order valence-corrected chi connectivity index (χ3v) is 4.54. The zero-order valence-corrected chi connectivity index (χ0v) is 17.3.